The molecule has 1 aliphatic rings. The first-order valence-electron chi connectivity index (χ1n) is 8.90. The van der Waals surface area contributed by atoms with Crippen LogP contribution in [-0.2, 0) is 6.54 Å². The van der Waals surface area contributed by atoms with Crippen LogP contribution >= 0.6 is 0 Å². The first-order valence-corrected chi connectivity index (χ1v) is 8.90. The van der Waals surface area contributed by atoms with Gasteiger partial charge in [0.15, 0.2) is 18.4 Å². The van der Waals surface area contributed by atoms with E-state index in [2.05, 4.69) is 52.0 Å². The Morgan fingerprint density at radius 2 is 1.52 bits per heavy atom. The van der Waals surface area contributed by atoms with Crippen molar-refractivity contribution in [1.29, 1.82) is 0 Å². The topological polar surface area (TPSA) is 21.1 Å². The minimum Gasteiger partial charge on any atom is -0.237 e. The van der Waals surface area contributed by atoms with Crippen molar-refractivity contribution in [2.75, 3.05) is 0 Å². The van der Waals surface area contributed by atoms with Crippen molar-refractivity contribution in [2.45, 2.75) is 6.54 Å². The smallest absolute Gasteiger partial charge is 0.237 e. The van der Waals surface area contributed by atoms with Crippen molar-refractivity contribution in [1.82, 2.24) is 4.98 Å². The molecule has 3 heteroatoms. The predicted molar refractivity (Wildman–Crippen MR) is 106 cm³/mol. The summed E-state index contributed by atoms with van der Waals surface area (Å²) >= 11 is 0. The summed E-state index contributed by atoms with van der Waals surface area (Å²) in [6.45, 7) is 8.32. The number of para-hydroxylation sites is 1. The van der Waals surface area contributed by atoms with Crippen LogP contribution in [0.2, 0.25) is 0 Å². The lowest BCUT2D eigenvalue weighted by Gasteiger charge is -2.08. The van der Waals surface area contributed by atoms with Crippen molar-refractivity contribution in [3.63, 3.8) is 0 Å². The Kier molecular flexibility index (Phi) is 3.55. The largest absolute Gasteiger partial charge is 0.239 e. The summed E-state index contributed by atoms with van der Waals surface area (Å²) in [5.41, 5.74) is 8.03. The molecule has 0 radical (unpaired) electrons. The van der Waals surface area contributed by atoms with E-state index in [4.69, 9.17) is 11.6 Å². The summed E-state index contributed by atoms with van der Waals surface area (Å²) in [5.74, 6) is 0. The fraction of sp³-hybridized carbons (Fsp3) is 0.0417. The van der Waals surface area contributed by atoms with Gasteiger partial charge in [0.05, 0.1) is 12.1 Å². The number of benzene rings is 3. The highest BCUT2D eigenvalue weighted by Crippen LogP contribution is 2.36. The second-order valence-electron chi connectivity index (χ2n) is 6.60. The third-order valence-corrected chi connectivity index (χ3v) is 4.98. The molecule has 0 aliphatic carbocycles. The Morgan fingerprint density at radius 3 is 2.33 bits per heavy atom. The Morgan fingerprint density at radius 1 is 0.815 bits per heavy atom. The number of nitrogens with zero attached hydrogens (tertiary/aromatic N) is 3. The van der Waals surface area contributed by atoms with E-state index in [1.807, 2.05) is 42.5 Å². The second kappa shape index (κ2) is 6.19. The van der Waals surface area contributed by atoms with Gasteiger partial charge < -0.3 is 0 Å². The number of hydrogen-bond donors (Lipinski definition) is 0. The van der Waals surface area contributed by atoms with E-state index in [1.165, 1.54) is 11.1 Å². The molecule has 27 heavy (non-hydrogen) atoms. The third kappa shape index (κ3) is 2.51. The molecule has 126 valence electrons. The molecule has 0 amide bonds. The summed E-state index contributed by atoms with van der Waals surface area (Å²) in [7, 11) is 0. The minimum atomic E-state index is 0.625. The van der Waals surface area contributed by atoms with Gasteiger partial charge in [0.25, 0.3) is 0 Å². The van der Waals surface area contributed by atoms with Crippen molar-refractivity contribution in [3.05, 3.63) is 102 Å². The van der Waals surface area contributed by atoms with E-state index < -0.39 is 0 Å². The summed E-state index contributed by atoms with van der Waals surface area (Å²) in [5, 5.41) is 0. The molecular formula is C24H16N3+. The van der Waals surface area contributed by atoms with Gasteiger partial charge in [-0.1, -0.05) is 72.8 Å². The molecule has 0 bridgehead atoms. The van der Waals surface area contributed by atoms with Gasteiger partial charge in [-0.05, 0) is 6.07 Å². The SMILES string of the molecule is [C-]#[N+]c1ccccc1-c1c[n+]2c(c(-c3ccccc3)n1)-c1ccccc1C2. The lowest BCUT2D eigenvalue weighted by molar-refractivity contribution is -0.671. The zero-order chi connectivity index (χ0) is 18.2. The third-order valence-electron chi connectivity index (χ3n) is 4.98. The van der Waals surface area contributed by atoms with Gasteiger partial charge in [-0.25, -0.2) is 9.83 Å². The maximum absolute atomic E-state index is 7.50. The predicted octanol–water partition coefficient (Wildman–Crippen LogP) is 5.28. The second-order valence-corrected chi connectivity index (χ2v) is 6.60. The molecule has 0 unspecified atom stereocenters. The zero-order valence-electron chi connectivity index (χ0n) is 14.6. The summed E-state index contributed by atoms with van der Waals surface area (Å²) in [6, 6.07) is 26.4. The molecule has 0 atom stereocenters. The van der Waals surface area contributed by atoms with Crippen molar-refractivity contribution < 1.29 is 4.57 Å². The first-order chi connectivity index (χ1) is 13.3. The lowest BCUT2D eigenvalue weighted by atomic mass is 10.0. The van der Waals surface area contributed by atoms with Crippen LogP contribution in [0.15, 0.2) is 85.1 Å². The number of hydrogen-bond acceptors (Lipinski definition) is 1. The van der Waals surface area contributed by atoms with Crippen LogP contribution in [0.3, 0.4) is 0 Å². The van der Waals surface area contributed by atoms with Gasteiger partial charge in [-0.2, -0.15) is 4.57 Å². The molecule has 2 heterocycles. The van der Waals surface area contributed by atoms with E-state index in [9.17, 15) is 0 Å². The molecular weight excluding hydrogens is 330 g/mol. The normalized spacial score (nSPS) is 11.5. The first kappa shape index (κ1) is 15.5. The van der Waals surface area contributed by atoms with Crippen molar-refractivity contribution in [2.24, 2.45) is 0 Å². The average Bonchev–Trinajstić information content (AvgIpc) is 3.12. The van der Waals surface area contributed by atoms with E-state index in [-0.39, 0.29) is 0 Å². The van der Waals surface area contributed by atoms with Gasteiger partial charge >= 0.3 is 0 Å². The van der Waals surface area contributed by atoms with E-state index >= 15 is 0 Å². The molecule has 0 fully saturated rings. The standard InChI is InChI=1S/C24H16N3/c1-25-21-14-8-7-13-20(21)22-16-27-15-18-11-5-6-12-19(18)24(27)23(26-22)17-9-3-2-4-10-17/h2-14,16H,15H2/q+1. The Hall–Kier alpha value is -3.77. The van der Waals surface area contributed by atoms with Gasteiger partial charge in [0.1, 0.15) is 11.4 Å². The van der Waals surface area contributed by atoms with Gasteiger partial charge in [0, 0.05) is 16.7 Å². The molecule has 0 saturated carbocycles. The summed E-state index contributed by atoms with van der Waals surface area (Å²) in [6.07, 6.45) is 2.08. The molecule has 3 aromatic carbocycles. The highest BCUT2D eigenvalue weighted by molar-refractivity contribution is 5.82. The van der Waals surface area contributed by atoms with Crippen LogP contribution in [0, 0.1) is 6.57 Å². The van der Waals surface area contributed by atoms with Crippen LogP contribution in [0.25, 0.3) is 38.6 Å². The maximum Gasteiger partial charge on any atom is 0.239 e. The Balaban J connectivity index is 1.81. The van der Waals surface area contributed by atoms with Crippen LogP contribution in [0.4, 0.5) is 5.69 Å². The monoisotopic (exact) mass is 346 g/mol. The fourth-order valence-corrected chi connectivity index (χ4v) is 3.74. The van der Waals surface area contributed by atoms with Crippen LogP contribution < -0.4 is 4.57 Å². The quantitative estimate of drug-likeness (QED) is 0.315. The molecule has 5 rings (SSSR count). The van der Waals surface area contributed by atoms with Gasteiger partial charge in [0.2, 0.25) is 5.69 Å². The van der Waals surface area contributed by atoms with E-state index in [0.29, 0.717) is 5.69 Å². The van der Waals surface area contributed by atoms with Crippen molar-refractivity contribution >= 4 is 5.69 Å². The molecule has 4 aromatic rings. The van der Waals surface area contributed by atoms with Crippen molar-refractivity contribution in [3.8, 4) is 33.8 Å². The Labute approximate surface area is 158 Å². The summed E-state index contributed by atoms with van der Waals surface area (Å²) < 4.78 is 2.26. The lowest BCUT2D eigenvalue weighted by Crippen LogP contribution is -2.33. The number of rotatable bonds is 2. The van der Waals surface area contributed by atoms with E-state index in [0.717, 1.165) is 34.8 Å². The molecule has 3 nitrogen and oxygen atoms in total. The van der Waals surface area contributed by atoms with Crippen LogP contribution in [-0.4, -0.2) is 4.98 Å². The van der Waals surface area contributed by atoms with Gasteiger partial charge in [-0.3, -0.25) is 0 Å². The Bertz CT molecular complexity index is 1200. The molecule has 1 aromatic heterocycles. The average molecular weight is 346 g/mol. The molecule has 0 N–H and O–H groups in total. The molecule has 1 aliphatic heterocycles. The molecule has 0 saturated heterocycles. The van der Waals surface area contributed by atoms with Gasteiger partial charge in [-0.15, -0.1) is 0 Å². The highest BCUT2D eigenvalue weighted by atomic mass is 15.0. The maximum atomic E-state index is 7.50. The number of fused-ring (bicyclic) bond motifs is 3. The fourth-order valence-electron chi connectivity index (χ4n) is 3.74. The van der Waals surface area contributed by atoms with Crippen LogP contribution in [0.1, 0.15) is 5.56 Å². The highest BCUT2D eigenvalue weighted by Gasteiger charge is 2.31. The van der Waals surface area contributed by atoms with E-state index in [1.54, 1.807) is 0 Å². The number of aromatic nitrogens is 2. The molecule has 0 spiro atoms. The zero-order valence-corrected chi connectivity index (χ0v) is 14.6. The van der Waals surface area contributed by atoms with Crippen LogP contribution in [0.5, 0.6) is 0 Å². The minimum absolute atomic E-state index is 0.625. The summed E-state index contributed by atoms with van der Waals surface area (Å²) in [4.78, 5) is 8.71.